The fraction of sp³-hybridized carbons (Fsp3) is 0.143. The molecule has 0 aromatic carbocycles. The second-order valence-electron chi connectivity index (χ2n) is 1.98. The van der Waals surface area contributed by atoms with Crippen LogP contribution in [-0.4, -0.2) is 10.2 Å². The highest BCUT2D eigenvalue weighted by molar-refractivity contribution is 5.56. The van der Waals surface area contributed by atoms with Gasteiger partial charge in [0.05, 0.1) is 0 Å². The van der Waals surface area contributed by atoms with Crippen LogP contribution in [0.2, 0.25) is 0 Å². The first-order valence-electron chi connectivity index (χ1n) is 2.86. The average molecular weight is 117 g/mol. The Labute approximate surface area is 53.2 Å². The molecule has 0 radical (unpaired) electrons. The van der Waals surface area contributed by atoms with E-state index in [2.05, 4.69) is 22.5 Å². The summed E-state index contributed by atoms with van der Waals surface area (Å²) in [7, 11) is 0. The summed E-state index contributed by atoms with van der Waals surface area (Å²) in [4.78, 5) is 0. The number of rotatable bonds is 0. The van der Waals surface area contributed by atoms with Crippen LogP contribution in [0, 0.1) is 6.20 Å². The molecule has 1 aromatic rings. The van der Waals surface area contributed by atoms with Crippen molar-refractivity contribution in [2.24, 2.45) is 0 Å². The molecule has 0 atom stereocenters. The van der Waals surface area contributed by atoms with Gasteiger partial charge in [0.1, 0.15) is 0 Å². The van der Waals surface area contributed by atoms with Crippen LogP contribution in [0.25, 0.3) is 6.08 Å². The lowest BCUT2D eigenvalue weighted by Gasteiger charge is -2.01. The van der Waals surface area contributed by atoms with Crippen molar-refractivity contribution in [3.05, 3.63) is 29.6 Å². The standard InChI is InChI=1S/C7H5N2/c1-2-6-4-5-8-9-7(6)3-1/h1-2,4H,3H2/q-1. The maximum atomic E-state index is 3.89. The Hall–Kier alpha value is -1.18. The van der Waals surface area contributed by atoms with E-state index >= 15 is 0 Å². The minimum atomic E-state index is 0.928. The largest absolute Gasteiger partial charge is 0.268 e. The molecule has 9 heavy (non-hydrogen) atoms. The van der Waals surface area contributed by atoms with Gasteiger partial charge in [0.25, 0.3) is 0 Å². The van der Waals surface area contributed by atoms with Gasteiger partial charge in [-0.15, -0.1) is 12.3 Å². The molecule has 1 aliphatic rings. The predicted octanol–water partition coefficient (Wildman–Crippen LogP) is 0.846. The van der Waals surface area contributed by atoms with Crippen molar-refractivity contribution in [2.45, 2.75) is 6.42 Å². The van der Waals surface area contributed by atoms with E-state index in [0.29, 0.717) is 0 Å². The Morgan fingerprint density at radius 2 is 2.56 bits per heavy atom. The molecule has 1 heterocycles. The van der Waals surface area contributed by atoms with Gasteiger partial charge in [-0.05, 0) is 12.1 Å². The SMILES string of the molecule is [c-]1cc2c(nn1)CC=C2. The summed E-state index contributed by atoms with van der Waals surface area (Å²) in [5, 5.41) is 7.53. The second-order valence-corrected chi connectivity index (χ2v) is 1.98. The molecule has 0 aliphatic heterocycles. The van der Waals surface area contributed by atoms with E-state index in [1.54, 1.807) is 0 Å². The molecule has 0 fully saturated rings. The third-order valence-corrected chi connectivity index (χ3v) is 1.39. The van der Waals surface area contributed by atoms with Crippen molar-refractivity contribution in [3.8, 4) is 0 Å². The zero-order valence-corrected chi connectivity index (χ0v) is 4.83. The lowest BCUT2D eigenvalue weighted by Crippen LogP contribution is -1.89. The molecule has 2 rings (SSSR count). The lowest BCUT2D eigenvalue weighted by atomic mass is 10.3. The number of nitrogens with zero attached hydrogens (tertiary/aromatic N) is 2. The van der Waals surface area contributed by atoms with Gasteiger partial charge in [0.2, 0.25) is 0 Å². The maximum absolute atomic E-state index is 3.89. The van der Waals surface area contributed by atoms with Crippen LogP contribution in [0.1, 0.15) is 11.3 Å². The predicted molar refractivity (Wildman–Crippen MR) is 33.6 cm³/mol. The van der Waals surface area contributed by atoms with E-state index in [1.165, 1.54) is 0 Å². The molecule has 0 bridgehead atoms. The van der Waals surface area contributed by atoms with Crippen LogP contribution in [0.5, 0.6) is 0 Å². The van der Waals surface area contributed by atoms with E-state index in [4.69, 9.17) is 0 Å². The van der Waals surface area contributed by atoms with Gasteiger partial charge >= 0.3 is 0 Å². The summed E-state index contributed by atoms with van der Waals surface area (Å²) in [6.45, 7) is 0. The first kappa shape index (κ1) is 4.68. The topological polar surface area (TPSA) is 25.8 Å². The Bertz CT molecular complexity index is 253. The van der Waals surface area contributed by atoms with Gasteiger partial charge in [-0.1, -0.05) is 6.08 Å². The van der Waals surface area contributed by atoms with Crippen molar-refractivity contribution in [1.29, 1.82) is 0 Å². The van der Waals surface area contributed by atoms with Crippen LogP contribution in [0.4, 0.5) is 0 Å². The van der Waals surface area contributed by atoms with Crippen LogP contribution >= 0.6 is 0 Å². The summed E-state index contributed by atoms with van der Waals surface area (Å²) in [6.07, 6.45) is 7.73. The Morgan fingerprint density at radius 1 is 1.56 bits per heavy atom. The highest BCUT2D eigenvalue weighted by atomic mass is 15.1. The molecule has 2 heteroatoms. The zero-order valence-electron chi connectivity index (χ0n) is 4.83. The molecule has 2 nitrogen and oxygen atoms in total. The molecular formula is C7H5N2-. The van der Waals surface area contributed by atoms with Crippen molar-refractivity contribution < 1.29 is 0 Å². The highest BCUT2D eigenvalue weighted by Crippen LogP contribution is 2.13. The fourth-order valence-electron chi connectivity index (χ4n) is 0.929. The van der Waals surface area contributed by atoms with Crippen LogP contribution in [0.3, 0.4) is 0 Å². The molecule has 0 amide bonds. The van der Waals surface area contributed by atoms with Crippen molar-refractivity contribution in [2.75, 3.05) is 0 Å². The average Bonchev–Trinajstić information content (AvgIpc) is 2.33. The number of hydrogen-bond donors (Lipinski definition) is 0. The number of aromatic nitrogens is 2. The monoisotopic (exact) mass is 117 g/mol. The third kappa shape index (κ3) is 0.633. The first-order valence-corrected chi connectivity index (χ1v) is 2.86. The van der Waals surface area contributed by atoms with E-state index in [1.807, 2.05) is 12.1 Å². The second kappa shape index (κ2) is 1.65. The first-order chi connectivity index (χ1) is 4.47. The van der Waals surface area contributed by atoms with Crippen molar-refractivity contribution >= 4 is 6.08 Å². The quantitative estimate of drug-likeness (QED) is 0.471. The Balaban J connectivity index is 2.63. The minimum absolute atomic E-state index is 0.928. The summed E-state index contributed by atoms with van der Waals surface area (Å²) in [5.74, 6) is 0. The van der Waals surface area contributed by atoms with Gasteiger partial charge in [0, 0.05) is 0 Å². The normalized spacial score (nSPS) is 13.8. The number of fused-ring (bicyclic) bond motifs is 1. The van der Waals surface area contributed by atoms with Crippen LogP contribution in [0.15, 0.2) is 12.1 Å². The van der Waals surface area contributed by atoms with E-state index in [9.17, 15) is 0 Å². The lowest BCUT2D eigenvalue weighted by molar-refractivity contribution is 0.949. The molecule has 0 unspecified atom stereocenters. The van der Waals surface area contributed by atoms with Gasteiger partial charge < -0.3 is 0 Å². The Morgan fingerprint density at radius 3 is 3.44 bits per heavy atom. The zero-order chi connectivity index (χ0) is 6.10. The molecule has 1 aromatic heterocycles. The minimum Gasteiger partial charge on any atom is -0.268 e. The van der Waals surface area contributed by atoms with Crippen LogP contribution in [-0.2, 0) is 6.42 Å². The third-order valence-electron chi connectivity index (χ3n) is 1.39. The van der Waals surface area contributed by atoms with Crippen molar-refractivity contribution in [1.82, 2.24) is 10.2 Å². The number of allylic oxidation sites excluding steroid dienone is 1. The van der Waals surface area contributed by atoms with Gasteiger partial charge in [-0.25, -0.2) is 6.07 Å². The van der Waals surface area contributed by atoms with E-state index in [0.717, 1.165) is 17.7 Å². The van der Waals surface area contributed by atoms with Gasteiger partial charge in [-0.2, -0.15) is 10.7 Å². The summed E-state index contributed by atoms with van der Waals surface area (Å²) in [5.41, 5.74) is 2.22. The highest BCUT2D eigenvalue weighted by Gasteiger charge is 1.94. The van der Waals surface area contributed by atoms with Crippen LogP contribution < -0.4 is 0 Å². The molecule has 0 N–H and O–H groups in total. The Kier molecular flexibility index (Phi) is 0.859. The molecule has 0 saturated heterocycles. The van der Waals surface area contributed by atoms with E-state index in [-0.39, 0.29) is 0 Å². The molecule has 44 valence electrons. The summed E-state index contributed by atoms with van der Waals surface area (Å²) in [6, 6.07) is 1.85. The molecule has 1 aliphatic carbocycles. The van der Waals surface area contributed by atoms with Gasteiger partial charge in [-0.3, -0.25) is 5.10 Å². The van der Waals surface area contributed by atoms with Crippen molar-refractivity contribution in [3.63, 3.8) is 0 Å². The van der Waals surface area contributed by atoms with E-state index < -0.39 is 0 Å². The summed E-state index contributed by atoms with van der Waals surface area (Å²) >= 11 is 0. The summed E-state index contributed by atoms with van der Waals surface area (Å²) < 4.78 is 0. The molecular weight excluding hydrogens is 112 g/mol. The van der Waals surface area contributed by atoms with Gasteiger partial charge in [0.15, 0.2) is 0 Å². The number of hydrogen-bond acceptors (Lipinski definition) is 2. The molecule has 0 spiro atoms. The molecule has 0 saturated carbocycles. The smallest absolute Gasteiger partial charge is 0.00823 e. The maximum Gasteiger partial charge on any atom is -0.00823 e. The fourth-order valence-corrected chi connectivity index (χ4v) is 0.929.